The van der Waals surface area contributed by atoms with Crippen LogP contribution in [0.25, 0.3) is 0 Å². The summed E-state index contributed by atoms with van der Waals surface area (Å²) in [6.07, 6.45) is 0. The van der Waals surface area contributed by atoms with Crippen LogP contribution in [-0.4, -0.2) is 15.8 Å². The van der Waals surface area contributed by atoms with E-state index in [1.165, 1.54) is 0 Å². The third-order valence-electron chi connectivity index (χ3n) is 3.00. The minimum atomic E-state index is -0.255. The van der Waals surface area contributed by atoms with Crippen molar-refractivity contribution in [1.29, 1.82) is 0 Å². The topological polar surface area (TPSA) is 59.0 Å². The molecule has 5 heteroatoms. The maximum atomic E-state index is 11.8. The first-order valence-electron chi connectivity index (χ1n) is 6.19. The lowest BCUT2D eigenvalue weighted by Gasteiger charge is -2.14. The van der Waals surface area contributed by atoms with E-state index >= 15 is 0 Å². The van der Waals surface area contributed by atoms with Crippen LogP contribution in [0.15, 0.2) is 36.4 Å². The molecule has 2 amide bonds. The first kappa shape index (κ1) is 13.1. The van der Waals surface area contributed by atoms with Gasteiger partial charge in [0, 0.05) is 18.8 Å². The largest absolute Gasteiger partial charge is 0.331 e. The molecule has 0 aliphatic rings. The van der Waals surface area contributed by atoms with Gasteiger partial charge in [0.15, 0.2) is 5.82 Å². The van der Waals surface area contributed by atoms with Crippen molar-refractivity contribution < 1.29 is 4.79 Å². The molecule has 0 saturated carbocycles. The van der Waals surface area contributed by atoms with Gasteiger partial charge < -0.3 is 5.32 Å². The number of nitrogens with zero attached hydrogens (tertiary/aromatic N) is 2. The predicted molar refractivity (Wildman–Crippen MR) is 75.0 cm³/mol. The molecule has 100 valence electrons. The molecule has 2 N–H and O–H groups in total. The van der Waals surface area contributed by atoms with E-state index in [2.05, 4.69) is 15.7 Å². The van der Waals surface area contributed by atoms with Crippen molar-refractivity contribution >= 4 is 11.8 Å². The van der Waals surface area contributed by atoms with Gasteiger partial charge in [0.2, 0.25) is 0 Å². The van der Waals surface area contributed by atoms with Gasteiger partial charge >= 0.3 is 6.03 Å². The van der Waals surface area contributed by atoms with Gasteiger partial charge in [-0.1, -0.05) is 30.3 Å². The number of hydrogen-bond acceptors (Lipinski definition) is 2. The molecule has 1 aromatic heterocycles. The van der Waals surface area contributed by atoms with Gasteiger partial charge in [0.1, 0.15) is 0 Å². The van der Waals surface area contributed by atoms with Crippen molar-refractivity contribution in [2.24, 2.45) is 7.05 Å². The lowest BCUT2D eigenvalue weighted by atomic mass is 10.1. The Bertz CT molecular complexity index is 543. The predicted octanol–water partition coefficient (Wildman–Crippen LogP) is 2.61. The molecular formula is C14H18N4O. The number of carbonyl (C=O) groups is 1. The standard InChI is InChI=1S/C14H18N4O/c1-10-9-13(17-18(10)3)16-14(19)15-11(2)12-7-5-4-6-8-12/h4-9,11H,1-3H3,(H2,15,16,17,19). The molecule has 0 fully saturated rings. The molecule has 1 aromatic carbocycles. The highest BCUT2D eigenvalue weighted by Gasteiger charge is 2.10. The molecule has 0 radical (unpaired) electrons. The van der Waals surface area contributed by atoms with Crippen LogP contribution in [-0.2, 0) is 7.05 Å². The lowest BCUT2D eigenvalue weighted by Crippen LogP contribution is -2.31. The van der Waals surface area contributed by atoms with Gasteiger partial charge in [-0.3, -0.25) is 10.00 Å². The van der Waals surface area contributed by atoms with Crippen LogP contribution in [0.3, 0.4) is 0 Å². The van der Waals surface area contributed by atoms with Crippen molar-refractivity contribution in [3.63, 3.8) is 0 Å². The number of benzene rings is 1. The molecule has 2 aromatic rings. The van der Waals surface area contributed by atoms with Gasteiger partial charge in [-0.15, -0.1) is 0 Å². The number of amides is 2. The van der Waals surface area contributed by atoms with Gasteiger partial charge in [-0.25, -0.2) is 4.79 Å². The molecular weight excluding hydrogens is 240 g/mol. The highest BCUT2D eigenvalue weighted by atomic mass is 16.2. The van der Waals surface area contributed by atoms with Gasteiger partial charge in [-0.05, 0) is 19.4 Å². The number of nitrogens with one attached hydrogen (secondary N) is 2. The number of hydrogen-bond donors (Lipinski definition) is 2. The summed E-state index contributed by atoms with van der Waals surface area (Å²) in [4.78, 5) is 11.8. The van der Waals surface area contributed by atoms with Gasteiger partial charge in [0.05, 0.1) is 6.04 Å². The maximum absolute atomic E-state index is 11.8. The second-order valence-electron chi connectivity index (χ2n) is 4.53. The summed E-state index contributed by atoms with van der Waals surface area (Å²) >= 11 is 0. The Hall–Kier alpha value is -2.30. The van der Waals surface area contributed by atoms with E-state index in [1.807, 2.05) is 57.3 Å². The van der Waals surface area contributed by atoms with Crippen LogP contribution in [0.2, 0.25) is 0 Å². The van der Waals surface area contributed by atoms with Gasteiger partial charge in [-0.2, -0.15) is 5.10 Å². The zero-order valence-electron chi connectivity index (χ0n) is 11.3. The molecule has 1 heterocycles. The molecule has 0 saturated heterocycles. The summed E-state index contributed by atoms with van der Waals surface area (Å²) in [6, 6.07) is 11.3. The van der Waals surface area contributed by atoms with Crippen molar-refractivity contribution in [2.45, 2.75) is 19.9 Å². The second kappa shape index (κ2) is 5.56. The monoisotopic (exact) mass is 258 g/mol. The Morgan fingerprint density at radius 3 is 2.58 bits per heavy atom. The normalized spacial score (nSPS) is 11.9. The van der Waals surface area contributed by atoms with E-state index in [0.29, 0.717) is 5.82 Å². The third kappa shape index (κ3) is 3.34. The number of aryl methyl sites for hydroxylation is 2. The van der Waals surface area contributed by atoms with Crippen molar-refractivity contribution in [2.75, 3.05) is 5.32 Å². The Morgan fingerprint density at radius 1 is 1.32 bits per heavy atom. The highest BCUT2D eigenvalue weighted by Crippen LogP contribution is 2.12. The minimum Gasteiger partial charge on any atom is -0.331 e. The SMILES string of the molecule is Cc1cc(NC(=O)NC(C)c2ccccc2)nn1C. The van der Waals surface area contributed by atoms with Crippen LogP contribution in [0.5, 0.6) is 0 Å². The first-order chi connectivity index (χ1) is 9.06. The van der Waals surface area contributed by atoms with Crippen LogP contribution in [0.1, 0.15) is 24.2 Å². The molecule has 1 unspecified atom stereocenters. The van der Waals surface area contributed by atoms with Crippen molar-refractivity contribution in [1.82, 2.24) is 15.1 Å². The summed E-state index contributed by atoms with van der Waals surface area (Å²) in [5.41, 5.74) is 2.06. The fourth-order valence-electron chi connectivity index (χ4n) is 1.80. The van der Waals surface area contributed by atoms with E-state index in [-0.39, 0.29) is 12.1 Å². The zero-order chi connectivity index (χ0) is 13.8. The summed E-state index contributed by atoms with van der Waals surface area (Å²) < 4.78 is 1.72. The Kier molecular flexibility index (Phi) is 3.85. The summed E-state index contributed by atoms with van der Waals surface area (Å²) in [5, 5.41) is 9.77. The zero-order valence-corrected chi connectivity index (χ0v) is 11.3. The first-order valence-corrected chi connectivity index (χ1v) is 6.19. The highest BCUT2D eigenvalue weighted by molar-refractivity contribution is 5.88. The number of anilines is 1. The van der Waals surface area contributed by atoms with Crippen molar-refractivity contribution in [3.8, 4) is 0 Å². The second-order valence-corrected chi connectivity index (χ2v) is 4.53. The minimum absolute atomic E-state index is 0.0500. The molecule has 0 spiro atoms. The number of carbonyl (C=O) groups excluding carboxylic acids is 1. The average molecular weight is 258 g/mol. The Labute approximate surface area is 112 Å². The Balaban J connectivity index is 1.94. The van der Waals surface area contributed by atoms with Gasteiger partial charge in [0.25, 0.3) is 0 Å². The summed E-state index contributed by atoms with van der Waals surface area (Å²) in [6.45, 7) is 3.88. The van der Waals surface area contributed by atoms with Crippen LogP contribution >= 0.6 is 0 Å². The molecule has 0 aliphatic carbocycles. The van der Waals surface area contributed by atoms with E-state index < -0.39 is 0 Å². The Morgan fingerprint density at radius 2 is 2.00 bits per heavy atom. The molecule has 1 atom stereocenters. The smallest absolute Gasteiger partial charge is 0.320 e. The molecule has 0 bridgehead atoms. The fraction of sp³-hybridized carbons (Fsp3) is 0.286. The van der Waals surface area contributed by atoms with E-state index in [4.69, 9.17) is 0 Å². The third-order valence-corrected chi connectivity index (χ3v) is 3.00. The number of urea groups is 1. The quantitative estimate of drug-likeness (QED) is 0.889. The molecule has 2 rings (SSSR count). The van der Waals surface area contributed by atoms with E-state index in [1.54, 1.807) is 4.68 Å². The fourth-order valence-corrected chi connectivity index (χ4v) is 1.80. The number of rotatable bonds is 3. The summed E-state index contributed by atoms with van der Waals surface area (Å²) in [5.74, 6) is 0.553. The molecule has 19 heavy (non-hydrogen) atoms. The van der Waals surface area contributed by atoms with Crippen LogP contribution in [0, 0.1) is 6.92 Å². The van der Waals surface area contributed by atoms with Crippen LogP contribution in [0.4, 0.5) is 10.6 Å². The van der Waals surface area contributed by atoms with E-state index in [9.17, 15) is 4.79 Å². The van der Waals surface area contributed by atoms with Crippen molar-refractivity contribution in [3.05, 3.63) is 47.7 Å². The maximum Gasteiger partial charge on any atom is 0.320 e. The van der Waals surface area contributed by atoms with E-state index in [0.717, 1.165) is 11.3 Å². The molecule has 5 nitrogen and oxygen atoms in total. The summed E-state index contributed by atoms with van der Waals surface area (Å²) in [7, 11) is 1.84. The number of aromatic nitrogens is 2. The average Bonchev–Trinajstić information content (AvgIpc) is 2.69. The lowest BCUT2D eigenvalue weighted by molar-refractivity contribution is 0.249. The van der Waals surface area contributed by atoms with Crippen LogP contribution < -0.4 is 10.6 Å². The molecule has 0 aliphatic heterocycles.